The molecule has 3 nitrogen and oxygen atoms in total. The second kappa shape index (κ2) is 5.74. The molecule has 1 fully saturated rings. The standard InChI is InChI=1S/C18H17ClN2OS/c1-18(2)7-13-16(14(22)8-18)15(12(9-20)17(23)21-13)10-3-5-11(19)6-4-10/h3-6,15-16,23H,7-8H2,1-2H3/p-1/t15-,16?/m1/s1. The van der Waals surface area contributed by atoms with Crippen LogP contribution in [0.5, 0.6) is 0 Å². The Morgan fingerprint density at radius 3 is 2.52 bits per heavy atom. The number of allylic oxidation sites excluding steroid dienone is 1. The first-order valence-corrected chi connectivity index (χ1v) is 8.28. The van der Waals surface area contributed by atoms with E-state index in [2.05, 4.69) is 24.9 Å². The number of Topliss-reactive ketones (excluding diaryl/α,β-unsaturated/α-hetero) is 1. The van der Waals surface area contributed by atoms with E-state index in [1.807, 2.05) is 12.1 Å². The number of halogens is 1. The summed E-state index contributed by atoms with van der Waals surface area (Å²) in [7, 11) is 0. The van der Waals surface area contributed by atoms with Gasteiger partial charge in [-0.05, 0) is 29.5 Å². The normalized spacial score (nSPS) is 26.3. The molecule has 0 spiro atoms. The van der Waals surface area contributed by atoms with Crippen LogP contribution in [-0.2, 0) is 17.4 Å². The van der Waals surface area contributed by atoms with E-state index in [4.69, 9.17) is 24.2 Å². The monoisotopic (exact) mass is 343 g/mol. The molecule has 0 radical (unpaired) electrons. The van der Waals surface area contributed by atoms with E-state index in [0.717, 1.165) is 17.7 Å². The van der Waals surface area contributed by atoms with Crippen LogP contribution in [0.3, 0.4) is 0 Å². The zero-order valence-corrected chi connectivity index (χ0v) is 14.5. The van der Waals surface area contributed by atoms with Crippen molar-refractivity contribution in [3.63, 3.8) is 0 Å². The predicted molar refractivity (Wildman–Crippen MR) is 93.1 cm³/mol. The summed E-state index contributed by atoms with van der Waals surface area (Å²) in [5.41, 5.74) is 1.99. The van der Waals surface area contributed by atoms with Crippen molar-refractivity contribution in [2.75, 3.05) is 0 Å². The number of benzene rings is 1. The van der Waals surface area contributed by atoms with Gasteiger partial charge < -0.3 is 12.6 Å². The molecule has 1 heterocycles. The number of aliphatic imine (C=N–C) groups is 1. The van der Waals surface area contributed by atoms with Gasteiger partial charge in [-0.25, -0.2) is 0 Å². The average Bonchev–Trinajstić information content (AvgIpc) is 2.45. The van der Waals surface area contributed by atoms with E-state index < -0.39 is 0 Å². The number of fused-ring (bicyclic) bond motifs is 1. The second-order valence-electron chi connectivity index (χ2n) is 6.92. The maximum atomic E-state index is 12.8. The zero-order valence-electron chi connectivity index (χ0n) is 13.0. The molecule has 1 aliphatic heterocycles. The van der Waals surface area contributed by atoms with Gasteiger partial charge in [0, 0.05) is 28.6 Å². The van der Waals surface area contributed by atoms with Crippen LogP contribution < -0.4 is 0 Å². The number of carbonyl (C=O) groups excluding carboxylic acids is 1. The summed E-state index contributed by atoms with van der Waals surface area (Å²) in [6.07, 6.45) is 1.22. The number of hydrogen-bond donors (Lipinski definition) is 0. The molecule has 1 aliphatic carbocycles. The van der Waals surface area contributed by atoms with Crippen molar-refractivity contribution in [3.8, 4) is 6.07 Å². The quantitative estimate of drug-likeness (QED) is 0.719. The lowest BCUT2D eigenvalue weighted by Crippen LogP contribution is -2.42. The fourth-order valence-corrected chi connectivity index (χ4v) is 3.97. The molecule has 2 aliphatic rings. The maximum Gasteiger partial charge on any atom is 0.143 e. The third kappa shape index (κ3) is 2.91. The molecule has 0 saturated heterocycles. The van der Waals surface area contributed by atoms with Crippen LogP contribution >= 0.6 is 11.6 Å². The lowest BCUT2D eigenvalue weighted by Gasteiger charge is -2.41. The molecule has 1 unspecified atom stereocenters. The molecule has 1 saturated carbocycles. The van der Waals surface area contributed by atoms with Crippen molar-refractivity contribution in [3.05, 3.63) is 45.5 Å². The van der Waals surface area contributed by atoms with Gasteiger partial charge in [-0.1, -0.05) is 42.6 Å². The highest BCUT2D eigenvalue weighted by Gasteiger charge is 2.45. The Morgan fingerprint density at radius 1 is 1.26 bits per heavy atom. The molecule has 23 heavy (non-hydrogen) atoms. The highest BCUT2D eigenvalue weighted by molar-refractivity contribution is 7.63. The Labute approximate surface area is 146 Å². The van der Waals surface area contributed by atoms with Crippen LogP contribution in [0.4, 0.5) is 0 Å². The van der Waals surface area contributed by atoms with Crippen molar-refractivity contribution in [1.82, 2.24) is 0 Å². The minimum absolute atomic E-state index is 0.114. The van der Waals surface area contributed by atoms with E-state index in [1.165, 1.54) is 0 Å². The van der Waals surface area contributed by atoms with Crippen molar-refractivity contribution >= 4 is 35.7 Å². The minimum Gasteiger partial charge on any atom is -0.759 e. The Morgan fingerprint density at radius 2 is 1.91 bits per heavy atom. The van der Waals surface area contributed by atoms with Crippen molar-refractivity contribution in [2.24, 2.45) is 16.3 Å². The van der Waals surface area contributed by atoms with Crippen LogP contribution in [-0.4, -0.2) is 11.5 Å². The van der Waals surface area contributed by atoms with Gasteiger partial charge in [0.25, 0.3) is 0 Å². The Balaban J connectivity index is 2.14. The molecular formula is C18H16ClN2OS-. The molecule has 3 rings (SSSR count). The van der Waals surface area contributed by atoms with Gasteiger partial charge in [-0.3, -0.25) is 9.79 Å². The van der Waals surface area contributed by atoms with Crippen LogP contribution in [0.15, 0.2) is 39.9 Å². The zero-order chi connectivity index (χ0) is 16.8. The molecular weight excluding hydrogens is 328 g/mol. The van der Waals surface area contributed by atoms with Crippen molar-refractivity contribution in [2.45, 2.75) is 32.6 Å². The van der Waals surface area contributed by atoms with E-state index in [9.17, 15) is 10.1 Å². The average molecular weight is 344 g/mol. The van der Waals surface area contributed by atoms with E-state index in [-0.39, 0.29) is 23.0 Å². The van der Waals surface area contributed by atoms with Crippen LogP contribution in [0.25, 0.3) is 0 Å². The van der Waals surface area contributed by atoms with E-state index in [1.54, 1.807) is 12.1 Å². The summed E-state index contributed by atoms with van der Waals surface area (Å²) in [5, 5.41) is 10.5. The molecule has 1 aromatic carbocycles. The van der Waals surface area contributed by atoms with Crippen LogP contribution in [0, 0.1) is 22.7 Å². The van der Waals surface area contributed by atoms with Gasteiger partial charge in [-0.15, -0.1) is 0 Å². The summed E-state index contributed by atoms with van der Waals surface area (Å²) in [6, 6.07) is 9.45. The molecule has 5 heteroatoms. The van der Waals surface area contributed by atoms with Gasteiger partial charge in [0.05, 0.1) is 12.0 Å². The molecule has 2 atom stereocenters. The van der Waals surface area contributed by atoms with E-state index in [0.29, 0.717) is 22.0 Å². The Bertz CT molecular complexity index is 771. The summed E-state index contributed by atoms with van der Waals surface area (Å²) < 4.78 is 0. The Hall–Kier alpha value is -1.70. The fourth-order valence-electron chi connectivity index (χ4n) is 3.55. The molecule has 1 aromatic rings. The largest absolute Gasteiger partial charge is 0.759 e. The highest BCUT2D eigenvalue weighted by Crippen LogP contribution is 2.46. The topological polar surface area (TPSA) is 53.2 Å². The number of hydrogen-bond acceptors (Lipinski definition) is 4. The minimum atomic E-state index is -0.384. The Kier molecular flexibility index (Phi) is 4.03. The second-order valence-corrected chi connectivity index (χ2v) is 7.75. The third-order valence-electron chi connectivity index (χ3n) is 4.49. The lowest BCUT2D eigenvalue weighted by atomic mass is 9.64. The molecule has 118 valence electrons. The molecule has 0 N–H and O–H groups in total. The first-order chi connectivity index (χ1) is 10.8. The summed E-state index contributed by atoms with van der Waals surface area (Å²) in [5.74, 6) is -0.596. The van der Waals surface area contributed by atoms with Crippen molar-refractivity contribution in [1.29, 1.82) is 5.26 Å². The summed E-state index contributed by atoms with van der Waals surface area (Å²) in [6.45, 7) is 4.13. The number of ketones is 1. The maximum absolute atomic E-state index is 12.8. The number of nitrogens with zero attached hydrogens (tertiary/aromatic N) is 2. The van der Waals surface area contributed by atoms with Gasteiger partial charge in [0.15, 0.2) is 0 Å². The SMILES string of the molecule is CC1(C)CC(=O)C2C(=NC([S-])=C(C#N)[C@H]2c2ccc(Cl)cc2)C1. The first-order valence-electron chi connectivity index (χ1n) is 7.49. The number of carbonyl (C=O) groups is 1. The van der Waals surface area contributed by atoms with Gasteiger partial charge in [0.1, 0.15) is 5.78 Å². The predicted octanol–water partition coefficient (Wildman–Crippen LogP) is 4.17. The van der Waals surface area contributed by atoms with E-state index >= 15 is 0 Å². The smallest absolute Gasteiger partial charge is 0.143 e. The van der Waals surface area contributed by atoms with Gasteiger partial charge >= 0.3 is 0 Å². The summed E-state index contributed by atoms with van der Waals surface area (Å²) in [4.78, 5) is 17.2. The van der Waals surface area contributed by atoms with Gasteiger partial charge in [0.2, 0.25) is 0 Å². The lowest BCUT2D eigenvalue weighted by molar-refractivity contribution is -0.124. The molecule has 0 amide bonds. The first kappa shape index (κ1) is 16.2. The van der Waals surface area contributed by atoms with Gasteiger partial charge in [-0.2, -0.15) is 5.26 Å². The van der Waals surface area contributed by atoms with Crippen molar-refractivity contribution < 1.29 is 4.79 Å². The molecule has 0 aromatic heterocycles. The number of nitriles is 1. The highest BCUT2D eigenvalue weighted by atomic mass is 35.5. The fraction of sp³-hybridized carbons (Fsp3) is 0.389. The molecule has 0 bridgehead atoms. The van der Waals surface area contributed by atoms with Crippen LogP contribution in [0.2, 0.25) is 5.02 Å². The summed E-state index contributed by atoms with van der Waals surface area (Å²) >= 11 is 11.3. The number of rotatable bonds is 1. The third-order valence-corrected chi connectivity index (χ3v) is 5.05. The van der Waals surface area contributed by atoms with Crippen LogP contribution in [0.1, 0.15) is 38.2 Å².